The van der Waals surface area contributed by atoms with Crippen molar-refractivity contribution in [2.45, 2.75) is 44.3 Å². The summed E-state index contributed by atoms with van der Waals surface area (Å²) < 4.78 is 39.2. The highest BCUT2D eigenvalue weighted by molar-refractivity contribution is 6.31. The number of hydrogen-bond acceptors (Lipinski definition) is 5. The van der Waals surface area contributed by atoms with E-state index in [4.69, 9.17) is 11.6 Å². The summed E-state index contributed by atoms with van der Waals surface area (Å²) in [6, 6.07) is 8.77. The molecule has 14 heteroatoms. The number of nitrogens with zero attached hydrogens (tertiary/aromatic N) is 3. The molecule has 1 aliphatic carbocycles. The average molecular weight is 573 g/mol. The summed E-state index contributed by atoms with van der Waals surface area (Å²) in [7, 11) is 0. The molecule has 0 radical (unpaired) electrons. The Morgan fingerprint density at radius 1 is 0.900 bits per heavy atom. The van der Waals surface area contributed by atoms with Gasteiger partial charge in [-0.15, -0.1) is 0 Å². The van der Waals surface area contributed by atoms with Gasteiger partial charge >= 0.3 is 18.2 Å². The zero-order valence-electron chi connectivity index (χ0n) is 20.9. The van der Waals surface area contributed by atoms with Crippen LogP contribution < -0.4 is 21.3 Å². The Balaban J connectivity index is 1.25. The van der Waals surface area contributed by atoms with Gasteiger partial charge < -0.3 is 16.0 Å². The standard InChI is InChI=1S/C26H24ClF3N8O2/c27-19-11-10-17(12-18(19)26(28,29)30)35-24(39)34-16-8-6-14(7-9-16)20-21-22(38-37-20)23(32-13-31-21)36-25(40)33-15-4-2-1-3-5-15/h6-13,15H,1-5H2,(H,37,38)(H2,34,35,39)(H2,31,32,33,36,40). The first kappa shape index (κ1) is 27.2. The smallest absolute Gasteiger partial charge is 0.335 e. The minimum absolute atomic E-state index is 0.0645. The molecule has 1 aliphatic rings. The molecule has 40 heavy (non-hydrogen) atoms. The number of aromatic amines is 1. The van der Waals surface area contributed by atoms with Crippen LogP contribution in [-0.2, 0) is 6.18 Å². The van der Waals surface area contributed by atoms with Crippen molar-refractivity contribution in [3.05, 3.63) is 59.4 Å². The first-order chi connectivity index (χ1) is 19.2. The predicted molar refractivity (Wildman–Crippen MR) is 145 cm³/mol. The van der Waals surface area contributed by atoms with E-state index in [-0.39, 0.29) is 17.8 Å². The summed E-state index contributed by atoms with van der Waals surface area (Å²) in [5.41, 5.74) is 1.40. The lowest BCUT2D eigenvalue weighted by Crippen LogP contribution is -2.39. The predicted octanol–water partition coefficient (Wildman–Crippen LogP) is 6.79. The SMILES string of the molecule is O=C(Nc1ccc(-c2n[nH]c3c(NC(=O)NC4CCCCC4)ncnc23)cc1)Nc1ccc(Cl)c(C(F)(F)F)c1. The Hall–Kier alpha value is -4.39. The Morgan fingerprint density at radius 2 is 1.60 bits per heavy atom. The molecule has 2 aromatic carbocycles. The Bertz CT molecular complexity index is 1540. The fourth-order valence-corrected chi connectivity index (χ4v) is 4.76. The molecule has 2 heterocycles. The van der Waals surface area contributed by atoms with Crippen LogP contribution in [0.1, 0.15) is 37.7 Å². The van der Waals surface area contributed by atoms with Gasteiger partial charge in [-0.05, 0) is 43.2 Å². The van der Waals surface area contributed by atoms with Gasteiger partial charge in [-0.2, -0.15) is 18.3 Å². The third kappa shape index (κ3) is 6.25. The van der Waals surface area contributed by atoms with Crippen molar-refractivity contribution in [3.63, 3.8) is 0 Å². The largest absolute Gasteiger partial charge is 0.417 e. The minimum Gasteiger partial charge on any atom is -0.335 e. The second-order valence-corrected chi connectivity index (χ2v) is 9.71. The van der Waals surface area contributed by atoms with Gasteiger partial charge in [-0.1, -0.05) is 43.0 Å². The summed E-state index contributed by atoms with van der Waals surface area (Å²) in [5, 5.41) is 17.4. The van der Waals surface area contributed by atoms with E-state index in [1.807, 2.05) is 0 Å². The van der Waals surface area contributed by atoms with Crippen molar-refractivity contribution in [1.29, 1.82) is 0 Å². The topological polar surface area (TPSA) is 137 Å². The van der Waals surface area contributed by atoms with Crippen molar-refractivity contribution in [2.24, 2.45) is 0 Å². The number of alkyl halides is 3. The first-order valence-electron chi connectivity index (χ1n) is 12.5. The van der Waals surface area contributed by atoms with E-state index in [2.05, 4.69) is 41.4 Å². The van der Waals surface area contributed by atoms with Crippen LogP contribution >= 0.6 is 11.6 Å². The molecule has 0 aliphatic heterocycles. The highest BCUT2D eigenvalue weighted by atomic mass is 35.5. The van der Waals surface area contributed by atoms with Gasteiger partial charge in [0.25, 0.3) is 0 Å². The molecule has 208 valence electrons. The van der Waals surface area contributed by atoms with Gasteiger partial charge in [0.1, 0.15) is 23.1 Å². The monoisotopic (exact) mass is 572 g/mol. The highest BCUT2D eigenvalue weighted by Crippen LogP contribution is 2.36. The van der Waals surface area contributed by atoms with Gasteiger partial charge in [0.15, 0.2) is 5.82 Å². The second kappa shape index (κ2) is 11.4. The van der Waals surface area contributed by atoms with E-state index < -0.39 is 22.8 Å². The summed E-state index contributed by atoms with van der Waals surface area (Å²) in [6.45, 7) is 0. The first-order valence-corrected chi connectivity index (χ1v) is 12.9. The number of H-pyrrole nitrogens is 1. The van der Waals surface area contributed by atoms with Gasteiger partial charge in [-0.25, -0.2) is 19.6 Å². The molecule has 0 saturated heterocycles. The Morgan fingerprint density at radius 3 is 2.33 bits per heavy atom. The molecule has 5 N–H and O–H groups in total. The molecule has 0 atom stereocenters. The highest BCUT2D eigenvalue weighted by Gasteiger charge is 2.33. The van der Waals surface area contributed by atoms with E-state index in [0.717, 1.165) is 37.8 Å². The number of anilines is 3. The molecule has 0 bridgehead atoms. The normalized spacial score (nSPS) is 14.1. The molecule has 0 unspecified atom stereocenters. The van der Waals surface area contributed by atoms with Gasteiger partial charge in [0, 0.05) is 23.0 Å². The molecule has 1 saturated carbocycles. The van der Waals surface area contributed by atoms with Crippen LogP contribution in [0.4, 0.5) is 40.0 Å². The number of urea groups is 2. The van der Waals surface area contributed by atoms with E-state index in [1.54, 1.807) is 24.3 Å². The quantitative estimate of drug-likeness (QED) is 0.179. The lowest BCUT2D eigenvalue weighted by molar-refractivity contribution is -0.137. The Labute approximate surface area is 231 Å². The molecular weight excluding hydrogens is 549 g/mol. The third-order valence-electron chi connectivity index (χ3n) is 6.47. The maximum Gasteiger partial charge on any atom is 0.417 e. The minimum atomic E-state index is -4.65. The zero-order valence-corrected chi connectivity index (χ0v) is 21.7. The lowest BCUT2D eigenvalue weighted by atomic mass is 9.96. The fourth-order valence-electron chi connectivity index (χ4n) is 4.53. The fraction of sp³-hybridized carbons (Fsp3) is 0.269. The number of benzene rings is 2. The number of carbonyl (C=O) groups excluding carboxylic acids is 2. The molecule has 4 amide bonds. The molecule has 1 fully saturated rings. The van der Waals surface area contributed by atoms with Gasteiger partial charge in [0.05, 0.1) is 10.6 Å². The van der Waals surface area contributed by atoms with E-state index in [9.17, 15) is 22.8 Å². The van der Waals surface area contributed by atoms with Crippen molar-refractivity contribution < 1.29 is 22.8 Å². The molecule has 4 aromatic rings. The second-order valence-electron chi connectivity index (χ2n) is 9.30. The summed E-state index contributed by atoms with van der Waals surface area (Å²) in [4.78, 5) is 33.3. The van der Waals surface area contributed by atoms with E-state index in [1.165, 1.54) is 18.8 Å². The van der Waals surface area contributed by atoms with Crippen LogP contribution in [0.2, 0.25) is 5.02 Å². The number of aromatic nitrogens is 4. The van der Waals surface area contributed by atoms with Crippen molar-refractivity contribution in [1.82, 2.24) is 25.5 Å². The van der Waals surface area contributed by atoms with Crippen LogP contribution in [0.5, 0.6) is 0 Å². The van der Waals surface area contributed by atoms with Crippen LogP contribution in [-0.4, -0.2) is 38.3 Å². The number of halogens is 4. The summed E-state index contributed by atoms with van der Waals surface area (Å²) >= 11 is 5.62. The number of fused-ring (bicyclic) bond motifs is 1. The summed E-state index contributed by atoms with van der Waals surface area (Å²) in [6.07, 6.45) is 1.96. The van der Waals surface area contributed by atoms with E-state index >= 15 is 0 Å². The van der Waals surface area contributed by atoms with E-state index in [0.29, 0.717) is 33.8 Å². The van der Waals surface area contributed by atoms with Crippen LogP contribution in [0.3, 0.4) is 0 Å². The molecule has 10 nitrogen and oxygen atoms in total. The van der Waals surface area contributed by atoms with Crippen molar-refractivity contribution in [2.75, 3.05) is 16.0 Å². The third-order valence-corrected chi connectivity index (χ3v) is 6.80. The summed E-state index contributed by atoms with van der Waals surface area (Å²) in [5.74, 6) is 0.294. The van der Waals surface area contributed by atoms with Crippen LogP contribution in [0.15, 0.2) is 48.8 Å². The maximum atomic E-state index is 13.1. The van der Waals surface area contributed by atoms with Crippen LogP contribution in [0, 0.1) is 0 Å². The molecule has 0 spiro atoms. The number of nitrogens with one attached hydrogen (secondary N) is 5. The zero-order chi connectivity index (χ0) is 28.3. The van der Waals surface area contributed by atoms with Crippen LogP contribution in [0.25, 0.3) is 22.3 Å². The van der Waals surface area contributed by atoms with Crippen molar-refractivity contribution in [3.8, 4) is 11.3 Å². The van der Waals surface area contributed by atoms with Crippen molar-refractivity contribution >= 4 is 51.9 Å². The number of amides is 4. The average Bonchev–Trinajstić information content (AvgIpc) is 3.35. The molecule has 2 aromatic heterocycles. The molecule has 5 rings (SSSR count). The number of rotatable bonds is 5. The van der Waals surface area contributed by atoms with Gasteiger partial charge in [0.2, 0.25) is 0 Å². The Kier molecular flexibility index (Phi) is 7.74. The lowest BCUT2D eigenvalue weighted by Gasteiger charge is -2.22. The molecular formula is C26H24ClF3N8O2. The number of hydrogen-bond donors (Lipinski definition) is 5. The number of carbonyl (C=O) groups is 2. The maximum absolute atomic E-state index is 13.1. The van der Waals surface area contributed by atoms with Gasteiger partial charge in [-0.3, -0.25) is 10.4 Å².